The Hall–Kier alpha value is -1.99. The number of nitrogens with zero attached hydrogens (tertiary/aromatic N) is 1. The number of hydrogen-bond donors (Lipinski definition) is 2. The van der Waals surface area contributed by atoms with Gasteiger partial charge in [0.15, 0.2) is 0 Å². The molecule has 1 amide bonds. The van der Waals surface area contributed by atoms with Crippen LogP contribution < -0.4 is 0 Å². The predicted octanol–water partition coefficient (Wildman–Crippen LogP) is 1.34. The number of carbonyl (C=O) groups is 2. The van der Waals surface area contributed by atoms with Crippen molar-refractivity contribution in [3.63, 3.8) is 0 Å². The van der Waals surface area contributed by atoms with E-state index < -0.39 is 23.9 Å². The van der Waals surface area contributed by atoms with Crippen LogP contribution in [0.4, 0.5) is 4.39 Å². The molecule has 0 bridgehead atoms. The zero-order valence-electron chi connectivity index (χ0n) is 12.8. The lowest BCUT2D eigenvalue weighted by Crippen LogP contribution is -2.38. The van der Waals surface area contributed by atoms with E-state index in [1.807, 2.05) is 0 Å². The molecule has 0 radical (unpaired) electrons. The molecule has 7 heteroatoms. The predicted molar refractivity (Wildman–Crippen MR) is 79.1 cm³/mol. The van der Waals surface area contributed by atoms with Crippen LogP contribution in [0.3, 0.4) is 0 Å². The number of carboxylic acids is 1. The normalized spacial score (nSPS) is 22.1. The number of aliphatic hydroxyl groups is 1. The third-order valence-corrected chi connectivity index (χ3v) is 4.04. The van der Waals surface area contributed by atoms with Crippen molar-refractivity contribution in [2.45, 2.75) is 37.5 Å². The first-order valence-electron chi connectivity index (χ1n) is 7.38. The number of carboxylic acid groups (broad SMARTS) is 1. The van der Waals surface area contributed by atoms with E-state index in [1.165, 1.54) is 36.3 Å². The van der Waals surface area contributed by atoms with E-state index in [-0.39, 0.29) is 24.9 Å². The van der Waals surface area contributed by atoms with E-state index in [0.717, 1.165) is 0 Å². The van der Waals surface area contributed by atoms with Crippen LogP contribution in [0.15, 0.2) is 24.3 Å². The maximum atomic E-state index is 13.2. The van der Waals surface area contributed by atoms with Gasteiger partial charge in [0.2, 0.25) is 5.91 Å². The van der Waals surface area contributed by atoms with Crippen molar-refractivity contribution < 1.29 is 28.9 Å². The Labute approximate surface area is 133 Å². The fraction of sp³-hybridized carbons (Fsp3) is 0.500. The molecule has 3 atom stereocenters. The number of carbonyl (C=O) groups excluding carboxylic acids is 1. The number of aliphatic carboxylic acids is 1. The average molecular weight is 325 g/mol. The van der Waals surface area contributed by atoms with Gasteiger partial charge >= 0.3 is 5.97 Å². The van der Waals surface area contributed by atoms with Crippen molar-refractivity contribution in [1.82, 2.24) is 4.90 Å². The van der Waals surface area contributed by atoms with E-state index in [1.54, 1.807) is 0 Å². The maximum absolute atomic E-state index is 13.2. The number of likely N-dealkylation sites (tertiary alicyclic amines) is 1. The van der Waals surface area contributed by atoms with E-state index in [4.69, 9.17) is 9.84 Å². The summed E-state index contributed by atoms with van der Waals surface area (Å²) < 4.78 is 18.4. The zero-order chi connectivity index (χ0) is 17.0. The van der Waals surface area contributed by atoms with Crippen LogP contribution in [0.2, 0.25) is 0 Å². The van der Waals surface area contributed by atoms with E-state index >= 15 is 0 Å². The van der Waals surface area contributed by atoms with Crippen LogP contribution in [0.25, 0.3) is 0 Å². The van der Waals surface area contributed by atoms with Crippen molar-refractivity contribution in [2.75, 3.05) is 13.7 Å². The van der Waals surface area contributed by atoms with Crippen molar-refractivity contribution in [3.8, 4) is 0 Å². The number of amides is 1. The molecule has 1 aliphatic rings. The molecule has 1 aliphatic heterocycles. The third kappa shape index (κ3) is 4.49. The molecule has 0 spiro atoms. The summed E-state index contributed by atoms with van der Waals surface area (Å²) in [5.41, 5.74) is 0.315. The maximum Gasteiger partial charge on any atom is 0.305 e. The van der Waals surface area contributed by atoms with Gasteiger partial charge in [-0.2, -0.15) is 0 Å². The highest BCUT2D eigenvalue weighted by Gasteiger charge is 2.37. The molecule has 0 saturated carbocycles. The summed E-state index contributed by atoms with van der Waals surface area (Å²) in [4.78, 5) is 24.8. The summed E-state index contributed by atoms with van der Waals surface area (Å²) in [7, 11) is 1.51. The van der Waals surface area contributed by atoms with Gasteiger partial charge in [-0.25, -0.2) is 4.39 Å². The lowest BCUT2D eigenvalue weighted by atomic mass is 10.1. The second-order valence-electron chi connectivity index (χ2n) is 5.67. The molecule has 6 nitrogen and oxygen atoms in total. The van der Waals surface area contributed by atoms with Gasteiger partial charge in [-0.15, -0.1) is 0 Å². The van der Waals surface area contributed by atoms with Crippen molar-refractivity contribution in [3.05, 3.63) is 35.6 Å². The SMILES string of the molecule is CO[C@@H]1C[C@H](CC(=O)O)N(C(=O)C[C@@H](O)c2cccc(F)c2)C1. The fourth-order valence-corrected chi connectivity index (χ4v) is 2.86. The summed E-state index contributed by atoms with van der Waals surface area (Å²) in [6.07, 6.45) is -1.29. The molecule has 23 heavy (non-hydrogen) atoms. The first kappa shape index (κ1) is 17.4. The molecule has 0 aromatic heterocycles. The van der Waals surface area contributed by atoms with Crippen molar-refractivity contribution in [1.29, 1.82) is 0 Å². The minimum Gasteiger partial charge on any atom is -0.481 e. The number of benzene rings is 1. The number of hydrogen-bond acceptors (Lipinski definition) is 4. The van der Waals surface area contributed by atoms with Gasteiger partial charge in [0, 0.05) is 19.7 Å². The molecule has 126 valence electrons. The zero-order valence-corrected chi connectivity index (χ0v) is 12.8. The fourth-order valence-electron chi connectivity index (χ4n) is 2.86. The standard InChI is InChI=1S/C16H20FNO5/c1-23-13-6-12(7-16(21)22)18(9-13)15(20)8-14(19)10-3-2-4-11(17)5-10/h2-5,12-14,19H,6-9H2,1H3,(H,21,22)/t12-,13-,14-/m1/s1. The molecule has 1 aromatic rings. The van der Waals surface area contributed by atoms with Crippen molar-refractivity contribution >= 4 is 11.9 Å². The topological polar surface area (TPSA) is 87.1 Å². The Morgan fingerprint density at radius 2 is 2.22 bits per heavy atom. The second-order valence-corrected chi connectivity index (χ2v) is 5.67. The lowest BCUT2D eigenvalue weighted by Gasteiger charge is -2.24. The monoisotopic (exact) mass is 325 g/mol. The molecule has 0 unspecified atom stereocenters. The van der Waals surface area contributed by atoms with Gasteiger partial charge in [-0.1, -0.05) is 12.1 Å². The molecule has 0 aliphatic carbocycles. The van der Waals surface area contributed by atoms with Crippen LogP contribution in [0.5, 0.6) is 0 Å². The Balaban J connectivity index is 2.04. The van der Waals surface area contributed by atoms with Gasteiger partial charge in [-0.05, 0) is 24.1 Å². The lowest BCUT2D eigenvalue weighted by molar-refractivity contribution is -0.140. The number of aliphatic hydroxyl groups excluding tert-OH is 1. The summed E-state index contributed by atoms with van der Waals surface area (Å²) in [5.74, 6) is -1.85. The average Bonchev–Trinajstić information content (AvgIpc) is 2.89. The Bertz CT molecular complexity index is 579. The molecule has 1 aromatic carbocycles. The Morgan fingerprint density at radius 3 is 2.83 bits per heavy atom. The van der Waals surface area contributed by atoms with E-state index in [0.29, 0.717) is 18.5 Å². The summed E-state index contributed by atoms with van der Waals surface area (Å²) >= 11 is 0. The molecular weight excluding hydrogens is 305 g/mol. The second kappa shape index (κ2) is 7.52. The largest absolute Gasteiger partial charge is 0.481 e. The van der Waals surface area contributed by atoms with Gasteiger partial charge in [-0.3, -0.25) is 9.59 Å². The van der Waals surface area contributed by atoms with Crippen LogP contribution in [-0.2, 0) is 14.3 Å². The number of methoxy groups -OCH3 is 1. The van der Waals surface area contributed by atoms with Crippen LogP contribution in [0.1, 0.15) is 30.9 Å². The Morgan fingerprint density at radius 1 is 1.48 bits per heavy atom. The third-order valence-electron chi connectivity index (χ3n) is 4.04. The summed E-state index contributed by atoms with van der Waals surface area (Å²) in [5, 5.41) is 19.1. The smallest absolute Gasteiger partial charge is 0.305 e. The number of halogens is 1. The van der Waals surface area contributed by atoms with Gasteiger partial charge in [0.1, 0.15) is 5.82 Å². The van der Waals surface area contributed by atoms with Gasteiger partial charge in [0.25, 0.3) is 0 Å². The first-order chi connectivity index (χ1) is 10.9. The highest BCUT2D eigenvalue weighted by atomic mass is 19.1. The molecule has 1 saturated heterocycles. The molecule has 1 fully saturated rings. The minimum atomic E-state index is -1.13. The summed E-state index contributed by atoms with van der Waals surface area (Å²) in [6.45, 7) is 0.295. The van der Waals surface area contributed by atoms with Gasteiger partial charge in [0.05, 0.1) is 25.0 Å². The van der Waals surface area contributed by atoms with E-state index in [9.17, 15) is 19.1 Å². The first-order valence-corrected chi connectivity index (χ1v) is 7.38. The highest BCUT2D eigenvalue weighted by molar-refractivity contribution is 5.78. The number of rotatable bonds is 6. The number of ether oxygens (including phenoxy) is 1. The molecule has 1 heterocycles. The van der Waals surface area contributed by atoms with Crippen LogP contribution in [-0.4, -0.2) is 52.8 Å². The van der Waals surface area contributed by atoms with E-state index in [2.05, 4.69) is 0 Å². The quantitative estimate of drug-likeness (QED) is 0.824. The van der Waals surface area contributed by atoms with Gasteiger partial charge < -0.3 is 19.8 Å². The highest BCUT2D eigenvalue weighted by Crippen LogP contribution is 2.26. The molecular formula is C16H20FNO5. The summed E-state index contributed by atoms with van der Waals surface area (Å²) in [6, 6.07) is 4.98. The Kier molecular flexibility index (Phi) is 5.68. The molecule has 2 rings (SSSR count). The van der Waals surface area contributed by atoms with Crippen molar-refractivity contribution in [2.24, 2.45) is 0 Å². The van der Waals surface area contributed by atoms with Crippen LogP contribution in [0, 0.1) is 5.82 Å². The molecule has 2 N–H and O–H groups in total. The minimum absolute atomic E-state index is 0.165. The van der Waals surface area contributed by atoms with Crippen LogP contribution >= 0.6 is 0 Å².